The second-order valence-corrected chi connectivity index (χ2v) is 17.7. The summed E-state index contributed by atoms with van der Waals surface area (Å²) in [5.74, 6) is -0.698. The number of benzene rings is 5. The molecule has 8 nitrogen and oxygen atoms in total. The number of alkyl halides is 10. The zero-order valence-corrected chi connectivity index (χ0v) is 37.4. The summed E-state index contributed by atoms with van der Waals surface area (Å²) in [6.07, 6.45) is -13.9. The number of rotatable bonds is 12. The smallest absolute Gasteiger partial charge is 0.394 e. The maximum atomic E-state index is 14.2. The van der Waals surface area contributed by atoms with Gasteiger partial charge in [0.2, 0.25) is 0 Å². The molecule has 0 unspecified atom stereocenters. The zero-order valence-electron chi connectivity index (χ0n) is 36.3. The highest BCUT2D eigenvalue weighted by atomic mass is 35.5. The maximum Gasteiger partial charge on any atom is 0.417 e. The Morgan fingerprint density at radius 2 is 1.27 bits per heavy atom. The number of aromatic nitrogens is 1. The van der Waals surface area contributed by atoms with E-state index in [0.717, 1.165) is 30.3 Å². The van der Waals surface area contributed by atoms with Crippen LogP contribution in [0.4, 0.5) is 43.9 Å². The van der Waals surface area contributed by atoms with Crippen molar-refractivity contribution in [3.63, 3.8) is 0 Å². The fourth-order valence-corrected chi connectivity index (χ4v) is 7.80. The minimum atomic E-state index is -4.72. The Morgan fingerprint density at radius 3 is 1.76 bits per heavy atom. The van der Waals surface area contributed by atoms with Gasteiger partial charge in [0.15, 0.2) is 16.1 Å². The molecule has 5 aromatic carbocycles. The van der Waals surface area contributed by atoms with Gasteiger partial charge in [0.25, 0.3) is 5.91 Å². The normalized spacial score (nSPS) is 13.1. The van der Waals surface area contributed by atoms with Crippen molar-refractivity contribution < 1.29 is 74.9 Å². The molecule has 0 aliphatic rings. The zero-order chi connectivity index (χ0) is 51.9. The lowest BCUT2D eigenvalue weighted by Gasteiger charge is -2.17. The quantitative estimate of drug-likeness (QED) is 0.0828. The summed E-state index contributed by atoms with van der Waals surface area (Å²) in [5.41, 5.74) is -2.55. The molecule has 0 saturated heterocycles. The molecular formula is C45H37Cl3F10N2O6S. The largest absolute Gasteiger partial charge is 0.417 e. The van der Waals surface area contributed by atoms with Crippen molar-refractivity contribution in [2.24, 2.45) is 0 Å². The van der Waals surface area contributed by atoms with E-state index >= 15 is 0 Å². The predicted octanol–water partition coefficient (Wildman–Crippen LogP) is 12.2. The van der Waals surface area contributed by atoms with Crippen molar-refractivity contribution in [3.8, 4) is 0 Å². The summed E-state index contributed by atoms with van der Waals surface area (Å²) in [6, 6.07) is 20.1. The number of aldehydes is 1. The molecule has 360 valence electrons. The lowest BCUT2D eigenvalue weighted by atomic mass is 10.0. The number of carbonyl (C=O) groups excluding carboxylic acids is 2. The van der Waals surface area contributed by atoms with Gasteiger partial charge in [-0.1, -0.05) is 66.0 Å². The third-order valence-corrected chi connectivity index (χ3v) is 12.2. The summed E-state index contributed by atoms with van der Waals surface area (Å²) in [5, 5.41) is 21.4. The van der Waals surface area contributed by atoms with Gasteiger partial charge in [-0.3, -0.25) is 9.59 Å². The Morgan fingerprint density at radius 1 is 0.746 bits per heavy atom. The number of hydrogen-bond acceptors (Lipinski definition) is 6. The molecule has 0 fully saturated rings. The van der Waals surface area contributed by atoms with Gasteiger partial charge in [-0.2, -0.15) is 39.5 Å². The van der Waals surface area contributed by atoms with Crippen molar-refractivity contribution in [3.05, 3.63) is 168 Å². The van der Waals surface area contributed by atoms with Crippen LogP contribution in [0.25, 0.3) is 10.9 Å². The van der Waals surface area contributed by atoms with E-state index in [0.29, 0.717) is 16.5 Å². The number of aliphatic hydroxyl groups is 2. The molecule has 0 aliphatic carbocycles. The van der Waals surface area contributed by atoms with Crippen LogP contribution in [0.1, 0.15) is 75.5 Å². The Balaban J connectivity index is 0.000000322. The van der Waals surface area contributed by atoms with Crippen LogP contribution in [0.5, 0.6) is 0 Å². The molecule has 0 bridgehead atoms. The lowest BCUT2D eigenvalue weighted by molar-refractivity contribution is -0.139. The number of aryl methyl sites for hydroxylation is 1. The Bertz CT molecular complexity index is 2890. The molecule has 22 heteroatoms. The monoisotopic (exact) mass is 1030 g/mol. The number of nitrogens with one attached hydrogen (secondary N) is 1. The summed E-state index contributed by atoms with van der Waals surface area (Å²) >= 11 is 16.6. The fraction of sp³-hybridized carbons (Fsp3) is 0.244. The molecular weight excluding hydrogens is 993 g/mol. The topological polar surface area (TPSA) is 126 Å². The lowest BCUT2D eigenvalue weighted by Crippen LogP contribution is -2.30. The van der Waals surface area contributed by atoms with Crippen LogP contribution in [-0.4, -0.2) is 54.4 Å². The van der Waals surface area contributed by atoms with Gasteiger partial charge in [-0.25, -0.2) is 12.8 Å². The molecule has 1 atom stereocenters. The molecule has 0 spiro atoms. The molecule has 1 amide bonds. The Labute approximate surface area is 394 Å². The number of halogens is 13. The SMILES string of the molecule is O=Cc1ccc(Cl)cc1C(F)(F)F.OCc1ccc(Cl)cc1C(F)(F)F.[2H]C([2H])(F)Cn1c(Cc2ccc(Cl)cc2C(F)(F)F)cc2cc(C(=O)N[C@@H](CO)c3ccc(S(=O)(=O)CC)cc3)ccc21. The van der Waals surface area contributed by atoms with Crippen LogP contribution in [-0.2, 0) is 47.9 Å². The number of carbonyl (C=O) groups is 2. The fourth-order valence-electron chi connectivity index (χ4n) is 6.40. The van der Waals surface area contributed by atoms with Crippen LogP contribution in [0.15, 0.2) is 108 Å². The number of amides is 1. The van der Waals surface area contributed by atoms with Crippen molar-refractivity contribution >= 4 is 67.7 Å². The number of sulfone groups is 1. The van der Waals surface area contributed by atoms with Crippen LogP contribution in [0.2, 0.25) is 15.1 Å². The van der Waals surface area contributed by atoms with Crippen LogP contribution < -0.4 is 5.32 Å². The summed E-state index contributed by atoms with van der Waals surface area (Å²) in [4.78, 5) is 23.5. The van der Waals surface area contributed by atoms with E-state index < -0.39 is 89.0 Å². The second-order valence-electron chi connectivity index (χ2n) is 14.1. The summed E-state index contributed by atoms with van der Waals surface area (Å²) < 4.78 is 169. The first kappa shape index (κ1) is 51.2. The average molecular weight is 1030 g/mol. The number of aliphatic hydroxyl groups excluding tert-OH is 2. The van der Waals surface area contributed by atoms with Gasteiger partial charge in [-0.15, -0.1) is 0 Å². The highest BCUT2D eigenvalue weighted by molar-refractivity contribution is 7.91. The van der Waals surface area contributed by atoms with E-state index in [9.17, 15) is 67.0 Å². The average Bonchev–Trinajstić information content (AvgIpc) is 3.59. The van der Waals surface area contributed by atoms with Crippen LogP contribution in [0, 0.1) is 0 Å². The molecule has 3 N–H and O–H groups in total. The van der Waals surface area contributed by atoms with Gasteiger partial charge in [0, 0.05) is 49.2 Å². The first-order chi connectivity index (χ1) is 31.9. The third-order valence-electron chi connectivity index (χ3n) is 9.72. The molecule has 1 aromatic heterocycles. The van der Waals surface area contributed by atoms with E-state index in [1.165, 1.54) is 84.3 Å². The van der Waals surface area contributed by atoms with Gasteiger partial charge in [0.05, 0.1) is 55.9 Å². The predicted molar refractivity (Wildman–Crippen MR) is 233 cm³/mol. The van der Waals surface area contributed by atoms with Gasteiger partial charge in [0.1, 0.15) is 6.63 Å². The molecule has 6 rings (SSSR count). The highest BCUT2D eigenvalue weighted by Gasteiger charge is 2.35. The Hall–Kier alpha value is -5.18. The van der Waals surface area contributed by atoms with Crippen molar-refractivity contribution in [1.29, 1.82) is 0 Å². The van der Waals surface area contributed by atoms with Crippen molar-refractivity contribution in [2.45, 2.75) is 56.0 Å². The highest BCUT2D eigenvalue weighted by Crippen LogP contribution is 2.37. The third kappa shape index (κ3) is 14.4. The molecule has 0 aliphatic heterocycles. The molecule has 6 aromatic rings. The van der Waals surface area contributed by atoms with E-state index in [2.05, 4.69) is 5.32 Å². The van der Waals surface area contributed by atoms with E-state index in [1.54, 1.807) is 0 Å². The van der Waals surface area contributed by atoms with E-state index in [-0.39, 0.29) is 60.8 Å². The van der Waals surface area contributed by atoms with E-state index in [1.807, 2.05) is 0 Å². The molecule has 1 heterocycles. The number of nitrogens with zero attached hydrogens (tertiary/aromatic N) is 1. The van der Waals surface area contributed by atoms with Gasteiger partial charge in [-0.05, 0) is 95.6 Å². The summed E-state index contributed by atoms with van der Waals surface area (Å²) in [7, 11) is -3.44. The van der Waals surface area contributed by atoms with Crippen molar-refractivity contribution in [1.82, 2.24) is 9.88 Å². The summed E-state index contributed by atoms with van der Waals surface area (Å²) in [6.45, 7) is -3.62. The molecule has 67 heavy (non-hydrogen) atoms. The second kappa shape index (κ2) is 22.7. The molecule has 0 radical (unpaired) electrons. The standard InChI is InChI=1S/C29H27ClF4N2O4S.C8H6ClF3O.C8H4ClF3O/c1-2-41(39,40)24-8-4-18(5-9-24)26(17-37)35-28(38)20-6-10-27-21(13-20)15-23(36(27)12-11-31)14-19-3-7-22(30)16-25(19)29(32,33)34;2*9-6-2-1-5(4-13)7(3-6)8(10,11)12/h3-10,13,15-16,26,37H,2,11-12,14,17H2,1H3,(H,35,38);1-3,13H,4H2;1-4H/t26-;;/m0../s1/i11D2;;. The number of fused-ring (bicyclic) bond motifs is 1. The van der Waals surface area contributed by atoms with Crippen LogP contribution >= 0.6 is 34.8 Å². The van der Waals surface area contributed by atoms with E-state index in [4.69, 9.17) is 42.7 Å². The van der Waals surface area contributed by atoms with Crippen molar-refractivity contribution in [2.75, 3.05) is 19.0 Å². The number of hydrogen-bond donors (Lipinski definition) is 3. The minimum absolute atomic E-state index is 0.00419. The minimum Gasteiger partial charge on any atom is -0.394 e. The van der Waals surface area contributed by atoms with Gasteiger partial charge >= 0.3 is 18.5 Å². The van der Waals surface area contributed by atoms with Gasteiger partial charge < -0.3 is 20.1 Å². The first-order valence-electron chi connectivity index (χ1n) is 20.1. The van der Waals surface area contributed by atoms with Crippen LogP contribution in [0.3, 0.4) is 0 Å². The molecule has 0 saturated carbocycles. The maximum absolute atomic E-state index is 14.2. The first-order valence-corrected chi connectivity index (χ1v) is 21.9. The Kier molecular flexibility index (Phi) is 17.4.